The van der Waals surface area contributed by atoms with Gasteiger partial charge in [0.1, 0.15) is 5.60 Å². The van der Waals surface area contributed by atoms with Gasteiger partial charge in [-0.2, -0.15) is 0 Å². The van der Waals surface area contributed by atoms with Crippen molar-refractivity contribution in [1.82, 2.24) is 10.6 Å². The molecule has 0 fully saturated rings. The summed E-state index contributed by atoms with van der Waals surface area (Å²) >= 11 is 0. The van der Waals surface area contributed by atoms with Crippen molar-refractivity contribution < 1.29 is 14.3 Å². The number of unbranched alkanes of at least 4 members (excludes halogenated alkanes) is 2. The maximum atomic E-state index is 11.3. The van der Waals surface area contributed by atoms with Gasteiger partial charge >= 0.3 is 6.09 Å². The van der Waals surface area contributed by atoms with Crippen molar-refractivity contribution >= 4 is 12.0 Å². The van der Waals surface area contributed by atoms with E-state index in [0.717, 1.165) is 25.7 Å². The van der Waals surface area contributed by atoms with Crippen LogP contribution in [0.25, 0.3) is 0 Å². The van der Waals surface area contributed by atoms with Crippen LogP contribution in [-0.2, 0) is 9.53 Å². The van der Waals surface area contributed by atoms with Gasteiger partial charge in [0, 0.05) is 19.5 Å². The lowest BCUT2D eigenvalue weighted by molar-refractivity contribution is -0.121. The van der Waals surface area contributed by atoms with E-state index in [1.165, 1.54) is 0 Å². The van der Waals surface area contributed by atoms with Gasteiger partial charge in [0.15, 0.2) is 0 Å². The quantitative estimate of drug-likeness (QED) is 0.667. The van der Waals surface area contributed by atoms with Crippen molar-refractivity contribution in [2.24, 2.45) is 0 Å². The number of rotatable bonds is 8. The summed E-state index contributed by atoms with van der Waals surface area (Å²) < 4.78 is 5.12. The smallest absolute Gasteiger partial charge is 0.407 e. The third-order valence-corrected chi connectivity index (χ3v) is 2.32. The minimum atomic E-state index is -0.451. The number of nitrogens with one attached hydrogen (secondary N) is 2. The summed E-state index contributed by atoms with van der Waals surface area (Å²) in [5, 5.41) is 5.57. The zero-order valence-corrected chi connectivity index (χ0v) is 12.7. The first-order valence-corrected chi connectivity index (χ1v) is 7.08. The van der Waals surface area contributed by atoms with Crippen molar-refractivity contribution in [1.29, 1.82) is 0 Å². The van der Waals surface area contributed by atoms with Crippen LogP contribution in [0.1, 0.15) is 59.8 Å². The van der Waals surface area contributed by atoms with Gasteiger partial charge in [0.05, 0.1) is 0 Å². The van der Waals surface area contributed by atoms with Crippen LogP contribution in [0.15, 0.2) is 0 Å². The minimum absolute atomic E-state index is 0.120. The first-order valence-electron chi connectivity index (χ1n) is 7.08. The summed E-state index contributed by atoms with van der Waals surface area (Å²) in [5.41, 5.74) is -0.451. The molecule has 2 amide bonds. The highest BCUT2D eigenvalue weighted by Gasteiger charge is 2.15. The molecule has 0 aliphatic heterocycles. The van der Waals surface area contributed by atoms with E-state index in [0.29, 0.717) is 19.5 Å². The van der Waals surface area contributed by atoms with E-state index < -0.39 is 5.60 Å². The largest absolute Gasteiger partial charge is 0.444 e. The third-order valence-electron chi connectivity index (χ3n) is 2.32. The number of carbonyl (C=O) groups is 2. The molecule has 0 heterocycles. The van der Waals surface area contributed by atoms with Crippen LogP contribution in [0.3, 0.4) is 0 Å². The fourth-order valence-corrected chi connectivity index (χ4v) is 1.47. The summed E-state index contributed by atoms with van der Waals surface area (Å²) in [5.74, 6) is 0.120. The molecule has 0 radical (unpaired) electrons. The normalized spacial score (nSPS) is 10.9. The van der Waals surface area contributed by atoms with Gasteiger partial charge in [-0.25, -0.2) is 4.79 Å². The standard InChI is InChI=1S/C14H28N2O3/c1-5-9-12(17)15-10-7-6-8-11-16-13(18)19-14(2,3)4/h5-11H2,1-4H3,(H,15,17)(H,16,18). The highest BCUT2D eigenvalue weighted by atomic mass is 16.6. The fraction of sp³-hybridized carbons (Fsp3) is 0.857. The minimum Gasteiger partial charge on any atom is -0.444 e. The Morgan fingerprint density at radius 2 is 1.58 bits per heavy atom. The van der Waals surface area contributed by atoms with Gasteiger partial charge in [0.2, 0.25) is 5.91 Å². The first kappa shape index (κ1) is 17.7. The maximum absolute atomic E-state index is 11.3. The van der Waals surface area contributed by atoms with E-state index in [1.807, 2.05) is 27.7 Å². The van der Waals surface area contributed by atoms with Crippen LogP contribution in [0, 0.1) is 0 Å². The maximum Gasteiger partial charge on any atom is 0.407 e. The number of hydrogen-bond acceptors (Lipinski definition) is 3. The molecule has 0 unspecified atom stereocenters. The number of carbonyl (C=O) groups excluding carboxylic acids is 2. The molecule has 2 N–H and O–H groups in total. The highest BCUT2D eigenvalue weighted by molar-refractivity contribution is 5.75. The Balaban J connectivity index is 3.36. The molecule has 19 heavy (non-hydrogen) atoms. The molecule has 0 bridgehead atoms. The molecule has 0 aliphatic carbocycles. The molecule has 0 rings (SSSR count). The summed E-state index contributed by atoms with van der Waals surface area (Å²) in [6, 6.07) is 0. The third kappa shape index (κ3) is 13.0. The van der Waals surface area contributed by atoms with E-state index in [9.17, 15) is 9.59 Å². The Labute approximate surface area is 116 Å². The Bertz CT molecular complexity index is 272. The van der Waals surface area contributed by atoms with E-state index >= 15 is 0 Å². The number of alkyl carbamates (subject to hydrolysis) is 1. The Morgan fingerprint density at radius 3 is 2.11 bits per heavy atom. The molecule has 0 aromatic heterocycles. The summed E-state index contributed by atoms with van der Waals surface area (Å²) in [7, 11) is 0. The number of ether oxygens (including phenoxy) is 1. The van der Waals surface area contributed by atoms with Crippen molar-refractivity contribution in [3.8, 4) is 0 Å². The van der Waals surface area contributed by atoms with Crippen LogP contribution >= 0.6 is 0 Å². The molecule has 0 saturated carbocycles. The Morgan fingerprint density at radius 1 is 1.00 bits per heavy atom. The van der Waals surface area contributed by atoms with E-state index in [2.05, 4.69) is 10.6 Å². The zero-order chi connectivity index (χ0) is 14.7. The van der Waals surface area contributed by atoms with Gasteiger partial charge in [-0.1, -0.05) is 6.92 Å². The SMILES string of the molecule is CCCC(=O)NCCCCCNC(=O)OC(C)(C)C. The monoisotopic (exact) mass is 272 g/mol. The molecular weight excluding hydrogens is 244 g/mol. The fourth-order valence-electron chi connectivity index (χ4n) is 1.47. The lowest BCUT2D eigenvalue weighted by atomic mass is 10.2. The molecule has 0 saturated heterocycles. The summed E-state index contributed by atoms with van der Waals surface area (Å²) in [6.45, 7) is 8.83. The van der Waals surface area contributed by atoms with Crippen LogP contribution < -0.4 is 10.6 Å². The summed E-state index contributed by atoms with van der Waals surface area (Å²) in [4.78, 5) is 22.5. The average molecular weight is 272 g/mol. The highest BCUT2D eigenvalue weighted by Crippen LogP contribution is 2.06. The van der Waals surface area contributed by atoms with Crippen LogP contribution in [0.5, 0.6) is 0 Å². The lowest BCUT2D eigenvalue weighted by Gasteiger charge is -2.19. The van der Waals surface area contributed by atoms with Gasteiger partial charge in [-0.3, -0.25) is 4.79 Å². The molecule has 5 heteroatoms. The van der Waals surface area contributed by atoms with Gasteiger partial charge in [-0.15, -0.1) is 0 Å². The van der Waals surface area contributed by atoms with Crippen LogP contribution in [0.4, 0.5) is 4.79 Å². The van der Waals surface area contributed by atoms with Gasteiger partial charge < -0.3 is 15.4 Å². The van der Waals surface area contributed by atoms with Crippen molar-refractivity contribution in [2.75, 3.05) is 13.1 Å². The van der Waals surface area contributed by atoms with E-state index in [-0.39, 0.29) is 12.0 Å². The number of hydrogen-bond donors (Lipinski definition) is 2. The zero-order valence-electron chi connectivity index (χ0n) is 12.7. The van der Waals surface area contributed by atoms with Crippen molar-refractivity contribution in [3.05, 3.63) is 0 Å². The van der Waals surface area contributed by atoms with Gasteiger partial charge in [-0.05, 0) is 46.5 Å². The molecular formula is C14H28N2O3. The topological polar surface area (TPSA) is 67.4 Å². The van der Waals surface area contributed by atoms with Crippen LogP contribution in [0.2, 0.25) is 0 Å². The lowest BCUT2D eigenvalue weighted by Crippen LogP contribution is -2.33. The van der Waals surface area contributed by atoms with E-state index in [4.69, 9.17) is 4.74 Å². The average Bonchev–Trinajstić information content (AvgIpc) is 2.25. The molecule has 0 atom stereocenters. The predicted molar refractivity (Wildman–Crippen MR) is 76.0 cm³/mol. The van der Waals surface area contributed by atoms with Gasteiger partial charge in [0.25, 0.3) is 0 Å². The second-order valence-corrected chi connectivity index (χ2v) is 5.59. The molecule has 0 spiro atoms. The Hall–Kier alpha value is -1.26. The second-order valence-electron chi connectivity index (χ2n) is 5.59. The molecule has 0 aromatic rings. The Kier molecular flexibility index (Phi) is 9.00. The van der Waals surface area contributed by atoms with Crippen LogP contribution in [-0.4, -0.2) is 30.7 Å². The van der Waals surface area contributed by atoms with Crippen molar-refractivity contribution in [3.63, 3.8) is 0 Å². The second kappa shape index (κ2) is 9.64. The molecule has 0 aliphatic rings. The summed E-state index contributed by atoms with van der Waals surface area (Å²) in [6.07, 6.45) is 3.91. The molecule has 5 nitrogen and oxygen atoms in total. The van der Waals surface area contributed by atoms with E-state index in [1.54, 1.807) is 0 Å². The predicted octanol–water partition coefficient (Wildman–Crippen LogP) is 2.60. The molecule has 112 valence electrons. The van der Waals surface area contributed by atoms with Crippen molar-refractivity contribution in [2.45, 2.75) is 65.4 Å². The number of amides is 2. The first-order chi connectivity index (χ1) is 8.85. The molecule has 0 aromatic carbocycles.